The van der Waals surface area contributed by atoms with Gasteiger partial charge in [0.15, 0.2) is 0 Å². The Morgan fingerprint density at radius 3 is 2.67 bits per heavy atom. The van der Waals surface area contributed by atoms with Crippen LogP contribution >= 0.6 is 0 Å². The number of hydrogen-bond donors (Lipinski definition) is 1. The smallest absolute Gasteiger partial charge is 0.0670 e. The normalized spacial score (nSPS) is 26.1. The first-order chi connectivity index (χ1) is 10.1. The van der Waals surface area contributed by atoms with E-state index in [1.165, 1.54) is 36.2 Å². The van der Waals surface area contributed by atoms with Crippen molar-refractivity contribution in [3.05, 3.63) is 23.8 Å². The lowest BCUT2D eigenvalue weighted by Gasteiger charge is -2.61. The molecule has 0 saturated heterocycles. The molecule has 0 aliphatic heterocycles. The molecule has 3 nitrogen and oxygen atoms in total. The summed E-state index contributed by atoms with van der Waals surface area (Å²) in [5, 5.41) is 3.78. The lowest BCUT2D eigenvalue weighted by Crippen LogP contribution is -2.64. The Morgan fingerprint density at radius 2 is 2.10 bits per heavy atom. The molecule has 2 aliphatic rings. The molecule has 3 rings (SSSR count). The van der Waals surface area contributed by atoms with Gasteiger partial charge in [0.2, 0.25) is 0 Å². The van der Waals surface area contributed by atoms with Crippen molar-refractivity contribution in [1.82, 2.24) is 0 Å². The summed E-state index contributed by atoms with van der Waals surface area (Å²) in [5.74, 6) is 0. The van der Waals surface area contributed by atoms with Gasteiger partial charge in [-0.2, -0.15) is 0 Å². The molecule has 0 heterocycles. The molecule has 116 valence electrons. The lowest BCUT2D eigenvalue weighted by atomic mass is 9.51. The van der Waals surface area contributed by atoms with E-state index in [1.54, 1.807) is 0 Å². The first-order valence-electron chi connectivity index (χ1n) is 8.23. The summed E-state index contributed by atoms with van der Waals surface area (Å²) in [6.07, 6.45) is 5.63. The molecule has 3 heteroatoms. The van der Waals surface area contributed by atoms with Gasteiger partial charge in [0.25, 0.3) is 0 Å². The van der Waals surface area contributed by atoms with E-state index in [-0.39, 0.29) is 0 Å². The van der Waals surface area contributed by atoms with Gasteiger partial charge in [-0.15, -0.1) is 0 Å². The number of benzene rings is 1. The molecule has 2 fully saturated rings. The van der Waals surface area contributed by atoms with Crippen molar-refractivity contribution >= 4 is 11.4 Å². The van der Waals surface area contributed by atoms with Crippen molar-refractivity contribution in [1.29, 1.82) is 0 Å². The summed E-state index contributed by atoms with van der Waals surface area (Å²) in [7, 11) is 4.21. The molecular weight excluding hydrogens is 260 g/mol. The Kier molecular flexibility index (Phi) is 3.87. The third-order valence-corrected chi connectivity index (χ3v) is 5.47. The summed E-state index contributed by atoms with van der Waals surface area (Å²) in [6, 6.07) is 7.28. The van der Waals surface area contributed by atoms with Crippen LogP contribution in [0.4, 0.5) is 11.4 Å². The van der Waals surface area contributed by atoms with E-state index in [1.807, 2.05) is 0 Å². The van der Waals surface area contributed by atoms with Crippen LogP contribution in [-0.4, -0.2) is 32.8 Å². The van der Waals surface area contributed by atoms with Crippen molar-refractivity contribution in [2.75, 3.05) is 30.9 Å². The highest BCUT2D eigenvalue weighted by Gasteiger charge is 2.58. The number of anilines is 2. The van der Waals surface area contributed by atoms with Crippen LogP contribution in [-0.2, 0) is 4.74 Å². The number of rotatable bonds is 5. The van der Waals surface area contributed by atoms with Crippen LogP contribution in [0.5, 0.6) is 0 Å². The fourth-order valence-corrected chi connectivity index (χ4v) is 4.02. The van der Waals surface area contributed by atoms with Crippen molar-refractivity contribution < 1.29 is 4.74 Å². The van der Waals surface area contributed by atoms with E-state index in [0.717, 1.165) is 13.0 Å². The van der Waals surface area contributed by atoms with Crippen LogP contribution in [0.1, 0.15) is 38.2 Å². The molecule has 2 unspecified atom stereocenters. The van der Waals surface area contributed by atoms with Crippen molar-refractivity contribution in [3.63, 3.8) is 0 Å². The molecule has 1 N–H and O–H groups in total. The zero-order valence-corrected chi connectivity index (χ0v) is 13.8. The monoisotopic (exact) mass is 288 g/mol. The average Bonchev–Trinajstić information content (AvgIpc) is 2.37. The van der Waals surface area contributed by atoms with Crippen molar-refractivity contribution in [2.24, 2.45) is 5.41 Å². The Balaban J connectivity index is 1.72. The van der Waals surface area contributed by atoms with Crippen LogP contribution in [0.2, 0.25) is 0 Å². The Morgan fingerprint density at radius 1 is 1.33 bits per heavy atom. The average molecular weight is 288 g/mol. The molecule has 1 aromatic carbocycles. The minimum absolute atomic E-state index is 0.416. The highest BCUT2D eigenvalue weighted by Crippen LogP contribution is 2.58. The second-order valence-electron chi connectivity index (χ2n) is 6.86. The predicted molar refractivity (Wildman–Crippen MR) is 89.2 cm³/mol. The topological polar surface area (TPSA) is 24.5 Å². The minimum Gasteiger partial charge on any atom is -0.381 e. The van der Waals surface area contributed by atoms with E-state index in [9.17, 15) is 0 Å². The third-order valence-electron chi connectivity index (χ3n) is 5.47. The number of hydrogen-bond acceptors (Lipinski definition) is 3. The molecule has 0 amide bonds. The van der Waals surface area contributed by atoms with Crippen LogP contribution < -0.4 is 10.2 Å². The molecule has 2 atom stereocenters. The first-order valence-corrected chi connectivity index (χ1v) is 8.23. The SMILES string of the molecule is CCOC1CC(Nc2ccc(C)c(N(C)C)c2)C12CCC2. The van der Waals surface area contributed by atoms with Crippen LogP contribution in [0.25, 0.3) is 0 Å². The molecule has 1 aromatic rings. The van der Waals surface area contributed by atoms with Gasteiger partial charge in [-0.05, 0) is 50.8 Å². The van der Waals surface area contributed by atoms with E-state index in [2.05, 4.69) is 56.4 Å². The molecule has 2 aliphatic carbocycles. The largest absolute Gasteiger partial charge is 0.381 e. The molecule has 2 saturated carbocycles. The molecular formula is C18H28N2O. The van der Waals surface area contributed by atoms with E-state index in [0.29, 0.717) is 17.6 Å². The van der Waals surface area contributed by atoms with Gasteiger partial charge >= 0.3 is 0 Å². The van der Waals surface area contributed by atoms with Gasteiger partial charge in [0, 0.05) is 43.5 Å². The maximum Gasteiger partial charge on any atom is 0.0670 e. The second kappa shape index (κ2) is 5.53. The van der Waals surface area contributed by atoms with E-state index in [4.69, 9.17) is 4.74 Å². The molecule has 0 bridgehead atoms. The van der Waals surface area contributed by atoms with E-state index < -0.39 is 0 Å². The van der Waals surface area contributed by atoms with Gasteiger partial charge in [-0.25, -0.2) is 0 Å². The quantitative estimate of drug-likeness (QED) is 0.891. The molecule has 1 spiro atoms. The number of nitrogens with one attached hydrogen (secondary N) is 1. The Bertz CT molecular complexity index is 508. The van der Waals surface area contributed by atoms with Crippen LogP contribution in [0.15, 0.2) is 18.2 Å². The first kappa shape index (κ1) is 14.7. The molecule has 21 heavy (non-hydrogen) atoms. The maximum absolute atomic E-state index is 5.94. The number of aryl methyl sites for hydroxylation is 1. The van der Waals surface area contributed by atoms with E-state index >= 15 is 0 Å². The zero-order chi connectivity index (χ0) is 15.0. The van der Waals surface area contributed by atoms with Crippen molar-refractivity contribution in [2.45, 2.75) is 51.7 Å². The second-order valence-corrected chi connectivity index (χ2v) is 6.86. The van der Waals surface area contributed by atoms with Gasteiger partial charge < -0.3 is 15.0 Å². The fourth-order valence-electron chi connectivity index (χ4n) is 4.02. The zero-order valence-electron chi connectivity index (χ0n) is 13.8. The van der Waals surface area contributed by atoms with Crippen molar-refractivity contribution in [3.8, 4) is 0 Å². The standard InChI is InChI=1S/C18H28N2O/c1-5-21-17-12-16(18(17)9-6-10-18)19-14-8-7-13(2)15(11-14)20(3)4/h7-8,11,16-17,19H,5-6,9-10,12H2,1-4H3. The number of nitrogens with zero attached hydrogens (tertiary/aromatic N) is 1. The lowest BCUT2D eigenvalue weighted by molar-refractivity contribution is -0.157. The Labute approximate surface area is 128 Å². The third kappa shape index (κ3) is 2.42. The van der Waals surface area contributed by atoms with Crippen LogP contribution in [0.3, 0.4) is 0 Å². The molecule has 0 radical (unpaired) electrons. The predicted octanol–water partition coefficient (Wildman–Crippen LogP) is 3.82. The van der Waals surface area contributed by atoms with Gasteiger partial charge in [-0.3, -0.25) is 0 Å². The highest BCUT2D eigenvalue weighted by atomic mass is 16.5. The summed E-state index contributed by atoms with van der Waals surface area (Å²) >= 11 is 0. The Hall–Kier alpha value is -1.22. The molecule has 0 aromatic heterocycles. The fraction of sp³-hybridized carbons (Fsp3) is 0.667. The van der Waals surface area contributed by atoms with Gasteiger partial charge in [-0.1, -0.05) is 12.5 Å². The van der Waals surface area contributed by atoms with Crippen LogP contribution in [0, 0.1) is 12.3 Å². The van der Waals surface area contributed by atoms with Gasteiger partial charge in [0.1, 0.15) is 0 Å². The summed E-state index contributed by atoms with van der Waals surface area (Å²) in [6.45, 7) is 5.12. The summed E-state index contributed by atoms with van der Waals surface area (Å²) < 4.78 is 5.94. The summed E-state index contributed by atoms with van der Waals surface area (Å²) in [5.41, 5.74) is 4.28. The van der Waals surface area contributed by atoms with Gasteiger partial charge in [0.05, 0.1) is 6.10 Å². The summed E-state index contributed by atoms with van der Waals surface area (Å²) in [4.78, 5) is 2.18. The highest BCUT2D eigenvalue weighted by molar-refractivity contribution is 5.62. The number of ether oxygens (including phenoxy) is 1. The minimum atomic E-state index is 0.416. The maximum atomic E-state index is 5.94.